The topological polar surface area (TPSA) is 80.7 Å². The van der Waals surface area contributed by atoms with Gasteiger partial charge in [0.05, 0.1) is 6.10 Å². The van der Waals surface area contributed by atoms with Gasteiger partial charge in [-0.2, -0.15) is 0 Å². The van der Waals surface area contributed by atoms with Gasteiger partial charge in [0.1, 0.15) is 0 Å². The van der Waals surface area contributed by atoms with Crippen LogP contribution >= 0.6 is 0 Å². The van der Waals surface area contributed by atoms with E-state index < -0.39 is 23.1 Å². The third kappa shape index (κ3) is 2.17. The zero-order valence-corrected chi connectivity index (χ0v) is 17.6. The Balaban J connectivity index is 1.61. The van der Waals surface area contributed by atoms with E-state index in [1.807, 2.05) is 6.08 Å². The molecule has 0 aliphatic heterocycles. The van der Waals surface area contributed by atoms with Crippen LogP contribution < -0.4 is 0 Å². The highest BCUT2D eigenvalue weighted by Crippen LogP contribution is 2.77. The van der Waals surface area contributed by atoms with Gasteiger partial charge >= 0.3 is 5.97 Å². The molecule has 5 aliphatic rings. The van der Waals surface area contributed by atoms with Gasteiger partial charge in [0.2, 0.25) is 0 Å². The van der Waals surface area contributed by atoms with Crippen molar-refractivity contribution >= 4 is 17.5 Å². The van der Waals surface area contributed by atoms with E-state index in [9.17, 15) is 19.5 Å². The van der Waals surface area contributed by atoms with Crippen LogP contribution in [0.3, 0.4) is 0 Å². The number of aliphatic hydroxyl groups is 1. The van der Waals surface area contributed by atoms with Crippen molar-refractivity contribution in [3.63, 3.8) is 0 Å². The lowest BCUT2D eigenvalue weighted by Crippen LogP contribution is -2.64. The van der Waals surface area contributed by atoms with E-state index in [1.54, 1.807) is 19.1 Å². The molecule has 156 valence electrons. The van der Waals surface area contributed by atoms with Crippen LogP contribution in [0.1, 0.15) is 53.4 Å². The molecule has 0 unspecified atom stereocenters. The Morgan fingerprint density at radius 1 is 1.17 bits per heavy atom. The molecule has 9 atom stereocenters. The number of Topliss-reactive ketones (excluding diaryl/α,β-unsaturated/α-hetero) is 1. The van der Waals surface area contributed by atoms with Crippen molar-refractivity contribution in [2.45, 2.75) is 65.1 Å². The SMILES string of the molecule is CC(=O)O[C@]1(C(C)=O)[C@@H]2C[C@@H]2[C@H]2[C@@H]3CCC4=CC(=O)C=C[C@]4(C)[C@H]3[C@@H](O)C[C@@]21C. The molecular formula is C24H30O5. The Morgan fingerprint density at radius 2 is 1.90 bits per heavy atom. The first kappa shape index (κ1) is 19.2. The molecule has 0 heterocycles. The highest BCUT2D eigenvalue weighted by atomic mass is 16.6. The van der Waals surface area contributed by atoms with Crippen molar-refractivity contribution in [2.24, 2.45) is 40.4 Å². The third-order valence-corrected chi connectivity index (χ3v) is 9.25. The molecule has 5 nitrogen and oxygen atoms in total. The second-order valence-electron chi connectivity index (χ2n) is 10.5. The molecule has 4 fully saturated rings. The van der Waals surface area contributed by atoms with Crippen molar-refractivity contribution < 1.29 is 24.2 Å². The van der Waals surface area contributed by atoms with Crippen molar-refractivity contribution in [2.75, 3.05) is 0 Å². The van der Waals surface area contributed by atoms with Crippen LogP contribution in [0.5, 0.6) is 0 Å². The lowest BCUT2D eigenvalue weighted by molar-refractivity contribution is -0.205. The third-order valence-electron chi connectivity index (χ3n) is 9.25. The van der Waals surface area contributed by atoms with Crippen LogP contribution in [0.15, 0.2) is 23.8 Å². The van der Waals surface area contributed by atoms with Crippen LogP contribution in [0.2, 0.25) is 0 Å². The molecule has 0 bridgehead atoms. The van der Waals surface area contributed by atoms with Gasteiger partial charge in [-0.1, -0.05) is 25.5 Å². The van der Waals surface area contributed by atoms with Crippen LogP contribution in [0.25, 0.3) is 0 Å². The molecule has 0 aromatic carbocycles. The van der Waals surface area contributed by atoms with Gasteiger partial charge in [-0.15, -0.1) is 0 Å². The largest absolute Gasteiger partial charge is 0.450 e. The Labute approximate surface area is 171 Å². The van der Waals surface area contributed by atoms with E-state index in [4.69, 9.17) is 4.74 Å². The maximum atomic E-state index is 13.0. The standard InChI is InChI=1S/C24H30O5/c1-12(25)24(29-13(2)26)18-10-17(18)20-16-6-5-14-9-15(27)7-8-22(14,3)21(16)19(28)11-23(20,24)4/h7-9,16-21,28H,5-6,10-11H2,1-4H3/t16-,17-,18+,19-,20+,21+,22-,23-,24+/m0/s1. The molecule has 0 aromatic rings. The number of carbonyl (C=O) groups excluding carboxylic acids is 3. The number of ketones is 2. The number of esters is 1. The Hall–Kier alpha value is -1.75. The molecule has 0 radical (unpaired) electrons. The first-order valence-corrected chi connectivity index (χ1v) is 10.9. The summed E-state index contributed by atoms with van der Waals surface area (Å²) in [5.74, 6) is 0.472. The smallest absolute Gasteiger partial charge is 0.303 e. The van der Waals surface area contributed by atoms with Gasteiger partial charge in [0.25, 0.3) is 0 Å². The van der Waals surface area contributed by atoms with Crippen molar-refractivity contribution in [3.8, 4) is 0 Å². The zero-order valence-electron chi connectivity index (χ0n) is 17.6. The van der Waals surface area contributed by atoms with Gasteiger partial charge in [-0.25, -0.2) is 0 Å². The fourth-order valence-corrected chi connectivity index (χ4v) is 8.45. The van der Waals surface area contributed by atoms with Crippen LogP contribution in [0, 0.1) is 40.4 Å². The normalized spacial score (nSPS) is 51.9. The summed E-state index contributed by atoms with van der Waals surface area (Å²) in [5.41, 5.74) is -0.873. The maximum Gasteiger partial charge on any atom is 0.303 e. The highest BCUT2D eigenvalue weighted by Gasteiger charge is 2.81. The molecular weight excluding hydrogens is 368 g/mol. The number of hydrogen-bond acceptors (Lipinski definition) is 5. The summed E-state index contributed by atoms with van der Waals surface area (Å²) in [6.45, 7) is 7.14. The summed E-state index contributed by atoms with van der Waals surface area (Å²) in [4.78, 5) is 37.0. The number of aliphatic hydroxyl groups excluding tert-OH is 1. The number of fused-ring (bicyclic) bond motifs is 7. The fourth-order valence-electron chi connectivity index (χ4n) is 8.45. The van der Waals surface area contributed by atoms with Crippen LogP contribution in [0.4, 0.5) is 0 Å². The first-order chi connectivity index (χ1) is 13.6. The number of hydrogen-bond donors (Lipinski definition) is 1. The second-order valence-corrected chi connectivity index (χ2v) is 10.5. The first-order valence-electron chi connectivity index (χ1n) is 10.9. The van der Waals surface area contributed by atoms with Gasteiger partial charge in [-0.3, -0.25) is 14.4 Å². The van der Waals surface area contributed by atoms with Gasteiger partial charge in [0, 0.05) is 29.6 Å². The van der Waals surface area contributed by atoms with Gasteiger partial charge < -0.3 is 9.84 Å². The lowest BCUT2D eigenvalue weighted by atomic mass is 9.45. The van der Waals surface area contributed by atoms with E-state index in [0.717, 1.165) is 24.8 Å². The average Bonchev–Trinajstić information content (AvgIpc) is 3.35. The molecule has 5 rings (SSSR count). The van der Waals surface area contributed by atoms with Crippen molar-refractivity contribution in [1.29, 1.82) is 0 Å². The summed E-state index contributed by atoms with van der Waals surface area (Å²) in [5, 5.41) is 11.4. The minimum atomic E-state index is -1.12. The molecule has 1 N–H and O–H groups in total. The predicted molar refractivity (Wildman–Crippen MR) is 106 cm³/mol. The highest BCUT2D eigenvalue weighted by molar-refractivity contribution is 6.01. The van der Waals surface area contributed by atoms with E-state index >= 15 is 0 Å². The van der Waals surface area contributed by atoms with E-state index in [-0.39, 0.29) is 40.7 Å². The molecule has 0 amide bonds. The average molecular weight is 398 g/mol. The van der Waals surface area contributed by atoms with E-state index in [2.05, 4.69) is 13.8 Å². The molecule has 0 spiro atoms. The quantitative estimate of drug-likeness (QED) is 0.723. The molecule has 4 saturated carbocycles. The number of rotatable bonds is 2. The number of allylic oxidation sites excluding steroid dienone is 4. The Bertz CT molecular complexity index is 886. The predicted octanol–water partition coefficient (Wildman–Crippen LogP) is 3.01. The summed E-state index contributed by atoms with van der Waals surface area (Å²) in [6.07, 6.45) is 7.89. The minimum Gasteiger partial charge on any atom is -0.450 e. The number of carbonyl (C=O) groups is 3. The summed E-state index contributed by atoms with van der Waals surface area (Å²) in [6, 6.07) is 0. The summed E-state index contributed by atoms with van der Waals surface area (Å²) >= 11 is 0. The summed E-state index contributed by atoms with van der Waals surface area (Å²) in [7, 11) is 0. The zero-order chi connectivity index (χ0) is 20.9. The Morgan fingerprint density at radius 3 is 2.55 bits per heavy atom. The van der Waals surface area contributed by atoms with Gasteiger partial charge in [-0.05, 0) is 62.5 Å². The van der Waals surface area contributed by atoms with Gasteiger partial charge in [0.15, 0.2) is 17.2 Å². The Kier molecular flexibility index (Phi) is 3.77. The monoisotopic (exact) mass is 398 g/mol. The molecule has 5 heteroatoms. The fraction of sp³-hybridized carbons (Fsp3) is 0.708. The molecule has 0 saturated heterocycles. The molecule has 29 heavy (non-hydrogen) atoms. The molecule has 0 aromatic heterocycles. The van der Waals surface area contributed by atoms with Crippen LogP contribution in [-0.2, 0) is 19.1 Å². The number of ether oxygens (including phenoxy) is 1. The van der Waals surface area contributed by atoms with E-state index in [0.29, 0.717) is 12.3 Å². The summed E-state index contributed by atoms with van der Waals surface area (Å²) < 4.78 is 5.89. The van der Waals surface area contributed by atoms with E-state index in [1.165, 1.54) is 6.92 Å². The van der Waals surface area contributed by atoms with Crippen molar-refractivity contribution in [3.05, 3.63) is 23.8 Å². The molecule has 5 aliphatic carbocycles. The van der Waals surface area contributed by atoms with Crippen molar-refractivity contribution in [1.82, 2.24) is 0 Å². The van der Waals surface area contributed by atoms with Crippen LogP contribution in [-0.4, -0.2) is 34.3 Å². The lowest BCUT2D eigenvalue weighted by Gasteiger charge is -2.61. The second kappa shape index (κ2) is 5.69. The minimum absolute atomic E-state index is 0.0197. The maximum absolute atomic E-state index is 13.0.